The highest BCUT2D eigenvalue weighted by molar-refractivity contribution is 7.83. The number of carbonyl (C=O) groups excluding carboxylic acids is 1. The van der Waals surface area contributed by atoms with Gasteiger partial charge in [-0.05, 0) is 12.1 Å². The molecule has 0 radical (unpaired) electrons. The molecule has 5 rings (SSSR count). The van der Waals surface area contributed by atoms with Crippen LogP contribution in [0.1, 0.15) is 27.0 Å². The number of carbonyl (C=O) groups is 1. The molecule has 0 N–H and O–H groups in total. The van der Waals surface area contributed by atoms with Crippen molar-refractivity contribution in [2.75, 3.05) is 0 Å². The summed E-state index contributed by atoms with van der Waals surface area (Å²) in [5, 5.41) is 0.444. The molecular weight excluding hydrogens is 423 g/mol. The van der Waals surface area contributed by atoms with Crippen LogP contribution in [-0.4, -0.2) is 5.97 Å². The molecular formula is C20H10Cl2O3S2. The summed E-state index contributed by atoms with van der Waals surface area (Å²) in [5.41, 5.74) is 1.02. The lowest BCUT2D eigenvalue weighted by atomic mass is 9.77. The summed E-state index contributed by atoms with van der Waals surface area (Å²) in [6.45, 7) is 0. The predicted molar refractivity (Wildman–Crippen MR) is 109 cm³/mol. The summed E-state index contributed by atoms with van der Waals surface area (Å²) >= 11 is 22.0. The Hall–Kier alpha value is -1.79. The van der Waals surface area contributed by atoms with Gasteiger partial charge in [0.1, 0.15) is 5.75 Å². The second-order valence-electron chi connectivity index (χ2n) is 6.24. The Labute approximate surface area is 176 Å². The van der Waals surface area contributed by atoms with E-state index >= 15 is 0 Å². The summed E-state index contributed by atoms with van der Waals surface area (Å²) in [4.78, 5) is 13.6. The maximum absolute atomic E-state index is 12.7. The SMILES string of the molecule is O=C1OC2(c3ccccc3Oc3c(S)c(S)c(Cl)c(Cl)c32)c2ccccc21. The molecule has 27 heavy (non-hydrogen) atoms. The average Bonchev–Trinajstić information content (AvgIpc) is 2.98. The van der Waals surface area contributed by atoms with Gasteiger partial charge in [-0.15, -0.1) is 25.3 Å². The zero-order chi connectivity index (χ0) is 18.9. The van der Waals surface area contributed by atoms with Crippen LogP contribution >= 0.6 is 48.5 Å². The van der Waals surface area contributed by atoms with Crippen molar-refractivity contribution < 1.29 is 14.3 Å². The maximum Gasteiger partial charge on any atom is 0.340 e. The first-order valence-corrected chi connectivity index (χ1v) is 9.65. The molecule has 0 aliphatic carbocycles. The van der Waals surface area contributed by atoms with Gasteiger partial charge in [-0.2, -0.15) is 0 Å². The summed E-state index contributed by atoms with van der Waals surface area (Å²) in [6, 6.07) is 14.6. The third-order valence-electron chi connectivity index (χ3n) is 4.89. The Bertz CT molecular complexity index is 1160. The average molecular weight is 433 g/mol. The van der Waals surface area contributed by atoms with Gasteiger partial charge < -0.3 is 9.47 Å². The minimum Gasteiger partial charge on any atom is -0.455 e. The smallest absolute Gasteiger partial charge is 0.340 e. The van der Waals surface area contributed by atoms with Crippen molar-refractivity contribution in [3.8, 4) is 11.5 Å². The number of ether oxygens (including phenoxy) is 2. The van der Waals surface area contributed by atoms with Crippen LogP contribution in [0.3, 0.4) is 0 Å². The zero-order valence-corrected chi connectivity index (χ0v) is 16.8. The molecule has 1 unspecified atom stereocenters. The molecule has 134 valence electrons. The van der Waals surface area contributed by atoms with E-state index in [0.717, 1.165) is 0 Å². The predicted octanol–water partition coefficient (Wildman–Crippen LogP) is 6.14. The van der Waals surface area contributed by atoms with E-state index in [1.807, 2.05) is 36.4 Å². The molecule has 0 saturated heterocycles. The highest BCUT2D eigenvalue weighted by Gasteiger charge is 2.55. The number of esters is 1. The van der Waals surface area contributed by atoms with Crippen LogP contribution in [-0.2, 0) is 10.3 Å². The van der Waals surface area contributed by atoms with Crippen LogP contribution in [0.4, 0.5) is 0 Å². The summed E-state index contributed by atoms with van der Waals surface area (Å²) in [6.07, 6.45) is 0. The maximum atomic E-state index is 12.7. The number of rotatable bonds is 0. The Balaban J connectivity index is 1.99. The molecule has 2 aliphatic heterocycles. The van der Waals surface area contributed by atoms with E-state index in [1.165, 1.54) is 0 Å². The fourth-order valence-electron chi connectivity index (χ4n) is 3.75. The van der Waals surface area contributed by atoms with E-state index in [4.69, 9.17) is 32.7 Å². The lowest BCUT2D eigenvalue weighted by molar-refractivity contribution is 0.0222. The van der Waals surface area contributed by atoms with Gasteiger partial charge in [-0.25, -0.2) is 4.79 Å². The van der Waals surface area contributed by atoms with Crippen LogP contribution in [0.15, 0.2) is 58.3 Å². The fraction of sp³-hybridized carbons (Fsp3) is 0.0500. The van der Waals surface area contributed by atoms with Crippen LogP contribution in [0.2, 0.25) is 10.0 Å². The highest BCUT2D eigenvalue weighted by Crippen LogP contribution is 2.61. The molecule has 0 aromatic heterocycles. The normalized spacial score (nSPS) is 19.2. The molecule has 1 spiro atoms. The van der Waals surface area contributed by atoms with Crippen molar-refractivity contribution in [2.24, 2.45) is 0 Å². The van der Waals surface area contributed by atoms with Crippen molar-refractivity contribution in [3.05, 3.63) is 80.8 Å². The minimum absolute atomic E-state index is 0.216. The third kappa shape index (κ3) is 2.11. The molecule has 0 saturated carbocycles. The lowest BCUT2D eigenvalue weighted by Crippen LogP contribution is -2.33. The lowest BCUT2D eigenvalue weighted by Gasteiger charge is -2.38. The fourth-order valence-corrected chi connectivity index (χ4v) is 4.87. The van der Waals surface area contributed by atoms with Crippen molar-refractivity contribution in [2.45, 2.75) is 15.4 Å². The molecule has 0 bridgehead atoms. The van der Waals surface area contributed by atoms with E-state index in [0.29, 0.717) is 43.5 Å². The number of hydrogen-bond donors (Lipinski definition) is 2. The van der Waals surface area contributed by atoms with E-state index in [2.05, 4.69) is 25.3 Å². The molecule has 0 fully saturated rings. The van der Waals surface area contributed by atoms with E-state index < -0.39 is 11.6 Å². The van der Waals surface area contributed by atoms with E-state index in [-0.39, 0.29) is 10.0 Å². The minimum atomic E-state index is -1.27. The number of fused-ring (bicyclic) bond motifs is 6. The van der Waals surface area contributed by atoms with E-state index in [1.54, 1.807) is 12.1 Å². The summed E-state index contributed by atoms with van der Waals surface area (Å²) < 4.78 is 12.1. The molecule has 3 aromatic carbocycles. The highest BCUT2D eigenvalue weighted by atomic mass is 35.5. The van der Waals surface area contributed by atoms with E-state index in [9.17, 15) is 4.79 Å². The molecule has 3 aromatic rings. The number of benzene rings is 3. The zero-order valence-electron chi connectivity index (χ0n) is 13.5. The van der Waals surface area contributed by atoms with Crippen molar-refractivity contribution >= 4 is 54.4 Å². The van der Waals surface area contributed by atoms with Gasteiger partial charge in [0.05, 0.1) is 26.1 Å². The monoisotopic (exact) mass is 432 g/mol. The Morgan fingerprint density at radius 3 is 2.30 bits per heavy atom. The Morgan fingerprint density at radius 1 is 0.852 bits per heavy atom. The first-order chi connectivity index (χ1) is 13.0. The van der Waals surface area contributed by atoms with Crippen LogP contribution in [0, 0.1) is 0 Å². The van der Waals surface area contributed by atoms with Crippen molar-refractivity contribution in [1.29, 1.82) is 0 Å². The second kappa shape index (κ2) is 5.85. The van der Waals surface area contributed by atoms with Gasteiger partial charge in [0, 0.05) is 16.0 Å². The first kappa shape index (κ1) is 17.3. The van der Waals surface area contributed by atoms with Crippen molar-refractivity contribution in [1.82, 2.24) is 0 Å². The quantitative estimate of drug-likeness (QED) is 0.330. The van der Waals surface area contributed by atoms with Gasteiger partial charge in [-0.1, -0.05) is 59.6 Å². The first-order valence-electron chi connectivity index (χ1n) is 8.00. The number of thiol groups is 2. The third-order valence-corrected chi connectivity index (χ3v) is 6.92. The number of halogens is 2. The molecule has 2 heterocycles. The summed E-state index contributed by atoms with van der Waals surface area (Å²) in [5.74, 6) is 0.493. The molecule has 3 nitrogen and oxygen atoms in total. The Kier molecular flexibility index (Phi) is 3.75. The largest absolute Gasteiger partial charge is 0.455 e. The second-order valence-corrected chi connectivity index (χ2v) is 7.89. The van der Waals surface area contributed by atoms with Gasteiger partial charge >= 0.3 is 5.97 Å². The topological polar surface area (TPSA) is 35.5 Å². The number of hydrogen-bond acceptors (Lipinski definition) is 5. The van der Waals surface area contributed by atoms with Crippen LogP contribution in [0.25, 0.3) is 0 Å². The molecule has 2 aliphatic rings. The molecule has 7 heteroatoms. The van der Waals surface area contributed by atoms with Crippen LogP contribution < -0.4 is 4.74 Å². The van der Waals surface area contributed by atoms with Gasteiger partial charge in [0.25, 0.3) is 0 Å². The number of para-hydroxylation sites is 1. The van der Waals surface area contributed by atoms with Gasteiger partial charge in [0.15, 0.2) is 11.4 Å². The summed E-state index contributed by atoms with van der Waals surface area (Å²) in [7, 11) is 0. The van der Waals surface area contributed by atoms with Crippen molar-refractivity contribution in [3.63, 3.8) is 0 Å². The van der Waals surface area contributed by atoms with Gasteiger partial charge in [-0.3, -0.25) is 0 Å². The molecule has 0 amide bonds. The Morgan fingerprint density at radius 2 is 1.52 bits per heavy atom. The van der Waals surface area contributed by atoms with Gasteiger partial charge in [0.2, 0.25) is 0 Å². The molecule has 1 atom stereocenters. The standard InChI is InChI=1S/C20H10Cl2O3S2/c21-14-13-16(18(27)17(26)15(14)22)24-12-8-4-3-7-11(12)20(13)10-6-2-1-5-9(10)19(23)25-20/h1-8,26-27H. The van der Waals surface area contributed by atoms with Crippen LogP contribution in [0.5, 0.6) is 11.5 Å².